The summed E-state index contributed by atoms with van der Waals surface area (Å²) in [5, 5.41) is 12.5. The van der Waals surface area contributed by atoms with E-state index >= 15 is 0 Å². The Labute approximate surface area is 324 Å². The van der Waals surface area contributed by atoms with Gasteiger partial charge in [-0.05, 0) is 76.4 Å². The fourth-order valence-corrected chi connectivity index (χ4v) is 6.72. The van der Waals surface area contributed by atoms with Crippen molar-refractivity contribution in [1.29, 1.82) is 0 Å². The highest BCUT2D eigenvalue weighted by Crippen LogP contribution is 2.38. The minimum atomic E-state index is -0.929. The molecular weight excluding hydrogens is 716 g/mol. The van der Waals surface area contributed by atoms with Crippen molar-refractivity contribution in [1.82, 2.24) is 20.5 Å². The third kappa shape index (κ3) is 8.41. The first-order valence-corrected chi connectivity index (χ1v) is 18.0. The van der Waals surface area contributed by atoms with Crippen molar-refractivity contribution < 1.29 is 28.6 Å². The Hall–Kier alpha value is -6.36. The normalized spacial score (nSPS) is 11.8. The topological polar surface area (TPSA) is 106 Å². The minimum Gasteiger partial charge on any atom is -0.497 e. The predicted octanol–water partition coefficient (Wildman–Crippen LogP) is 7.80. The summed E-state index contributed by atoms with van der Waals surface area (Å²) in [6.07, 6.45) is 0.301. The summed E-state index contributed by atoms with van der Waals surface area (Å²) in [4.78, 5) is 21.4. The van der Waals surface area contributed by atoms with Crippen LogP contribution >= 0.6 is 11.6 Å². The first-order valence-electron chi connectivity index (χ1n) is 17.6. The van der Waals surface area contributed by atoms with Crippen LogP contribution in [-0.2, 0) is 28.1 Å². The van der Waals surface area contributed by atoms with E-state index in [4.69, 9.17) is 35.4 Å². The molecule has 10 nitrogen and oxygen atoms in total. The highest BCUT2D eigenvalue weighted by atomic mass is 35.5. The van der Waals surface area contributed by atoms with Gasteiger partial charge in [-0.3, -0.25) is 10.1 Å². The van der Waals surface area contributed by atoms with E-state index in [-0.39, 0.29) is 13.4 Å². The highest BCUT2D eigenvalue weighted by Gasteiger charge is 2.40. The van der Waals surface area contributed by atoms with Crippen LogP contribution in [0.3, 0.4) is 0 Å². The van der Waals surface area contributed by atoms with E-state index in [1.54, 1.807) is 38.5 Å². The van der Waals surface area contributed by atoms with E-state index in [2.05, 4.69) is 52.0 Å². The molecule has 1 heterocycles. The summed E-state index contributed by atoms with van der Waals surface area (Å²) in [6, 6.07) is 47.7. The zero-order chi connectivity index (χ0) is 38.0. The molecule has 278 valence electrons. The van der Waals surface area contributed by atoms with E-state index in [0.29, 0.717) is 45.3 Å². The van der Waals surface area contributed by atoms with Gasteiger partial charge in [0, 0.05) is 16.7 Å². The number of esters is 1. The Bertz CT molecular complexity index is 2230. The van der Waals surface area contributed by atoms with Crippen LogP contribution in [-0.4, -0.2) is 48.2 Å². The molecule has 0 aliphatic carbocycles. The van der Waals surface area contributed by atoms with Gasteiger partial charge in [-0.1, -0.05) is 120 Å². The lowest BCUT2D eigenvalue weighted by molar-refractivity contribution is -0.148. The largest absolute Gasteiger partial charge is 0.497 e. The maximum absolute atomic E-state index is 14.4. The number of aromatic nitrogens is 3. The number of ether oxygens (including phenoxy) is 4. The average molecular weight is 755 g/mol. The fraction of sp³-hybridized carbons (Fsp3) is 0.159. The number of nitrogens with one attached hydrogen (secondary N) is 1. The maximum Gasteiger partial charge on any atom is 0.323 e. The van der Waals surface area contributed by atoms with E-state index in [0.717, 1.165) is 22.3 Å². The molecule has 0 bridgehead atoms. The molecule has 7 aromatic rings. The summed E-state index contributed by atoms with van der Waals surface area (Å²) in [5.74, 6) is 1.33. The van der Waals surface area contributed by atoms with Crippen LogP contribution in [0.4, 0.5) is 0 Å². The number of hydrogen-bond donors (Lipinski definition) is 1. The summed E-state index contributed by atoms with van der Waals surface area (Å²) in [5.41, 5.74) is 4.83. The minimum absolute atomic E-state index is 0.000761. The smallest absolute Gasteiger partial charge is 0.323 e. The lowest BCUT2D eigenvalue weighted by atomic mass is 9.76. The first kappa shape index (κ1) is 37.0. The molecule has 0 amide bonds. The number of hydrogen-bond acceptors (Lipinski definition) is 9. The van der Waals surface area contributed by atoms with Crippen molar-refractivity contribution >= 4 is 28.6 Å². The molecule has 0 saturated heterocycles. The van der Waals surface area contributed by atoms with Gasteiger partial charge < -0.3 is 23.8 Å². The van der Waals surface area contributed by atoms with Gasteiger partial charge in [0.05, 0.1) is 19.8 Å². The molecule has 0 unspecified atom stereocenters. The molecule has 1 N–H and O–H groups in total. The Morgan fingerprint density at radius 3 is 1.96 bits per heavy atom. The van der Waals surface area contributed by atoms with Gasteiger partial charge in [-0.25, -0.2) is 0 Å². The first-order chi connectivity index (χ1) is 27.0. The summed E-state index contributed by atoms with van der Waals surface area (Å²) >= 11 is 6.15. The maximum atomic E-state index is 14.4. The van der Waals surface area contributed by atoms with Gasteiger partial charge >= 0.3 is 5.97 Å². The second-order valence-electron chi connectivity index (χ2n) is 12.7. The van der Waals surface area contributed by atoms with Gasteiger partial charge in [0.2, 0.25) is 0 Å². The standard InChI is InChI=1S/C44H39ClN4O6/c1-51-38-24-20-32(42(28-38)52-2)29-53-43(50)40(26-31-18-22-37(23-19-31)54-30-55-49-41-27-36(45)21-25-39(41)47-48-49)46-44(33-12-6-3-7-13-33,34-14-8-4-9-15-34)35-16-10-5-11-17-35/h3-25,27-28,40,46H,26,29-30H2,1-2H3/t40-/m1/s1. The Kier molecular flexibility index (Phi) is 11.6. The van der Waals surface area contributed by atoms with Crippen LogP contribution in [0.2, 0.25) is 5.02 Å². The quantitative estimate of drug-likeness (QED) is 0.0601. The molecule has 7 rings (SSSR count). The van der Waals surface area contributed by atoms with E-state index in [9.17, 15) is 4.79 Å². The van der Waals surface area contributed by atoms with Crippen molar-refractivity contribution in [2.75, 3.05) is 21.0 Å². The lowest BCUT2D eigenvalue weighted by Crippen LogP contribution is -2.53. The zero-order valence-electron chi connectivity index (χ0n) is 30.3. The molecule has 0 fully saturated rings. The van der Waals surface area contributed by atoms with E-state index in [1.807, 2.05) is 91.0 Å². The van der Waals surface area contributed by atoms with Crippen LogP contribution in [0, 0.1) is 0 Å². The number of rotatable bonds is 16. The number of fused-ring (bicyclic) bond motifs is 1. The third-order valence-corrected chi connectivity index (χ3v) is 9.54. The van der Waals surface area contributed by atoms with E-state index < -0.39 is 17.6 Å². The monoisotopic (exact) mass is 754 g/mol. The zero-order valence-corrected chi connectivity index (χ0v) is 31.1. The molecule has 0 saturated carbocycles. The van der Waals surface area contributed by atoms with Crippen LogP contribution < -0.4 is 24.4 Å². The molecule has 0 radical (unpaired) electrons. The fourth-order valence-electron chi connectivity index (χ4n) is 6.56. The van der Waals surface area contributed by atoms with Crippen molar-refractivity contribution in [3.05, 3.63) is 184 Å². The number of nitrogens with zero attached hydrogens (tertiary/aromatic N) is 3. The Morgan fingerprint density at radius 2 is 1.36 bits per heavy atom. The van der Waals surface area contributed by atoms with Crippen LogP contribution in [0.1, 0.15) is 27.8 Å². The SMILES string of the molecule is COc1ccc(COC(=O)[C@@H](Cc2ccc(OCOn3nnc4ccc(Cl)cc43)cc2)NC(c2ccccc2)(c2ccccc2)c2ccccc2)c(OC)c1. The highest BCUT2D eigenvalue weighted by molar-refractivity contribution is 6.31. The van der Waals surface area contributed by atoms with Crippen LogP contribution in [0.25, 0.3) is 11.0 Å². The van der Waals surface area contributed by atoms with Gasteiger partial charge in [0.1, 0.15) is 40.9 Å². The summed E-state index contributed by atoms with van der Waals surface area (Å²) in [6.45, 7) is -0.122. The summed E-state index contributed by atoms with van der Waals surface area (Å²) in [7, 11) is 3.16. The molecule has 1 atom stereocenters. The molecule has 6 aromatic carbocycles. The Morgan fingerprint density at radius 1 is 0.745 bits per heavy atom. The van der Waals surface area contributed by atoms with Crippen molar-refractivity contribution in [3.63, 3.8) is 0 Å². The van der Waals surface area contributed by atoms with Crippen molar-refractivity contribution in [2.24, 2.45) is 0 Å². The second kappa shape index (κ2) is 17.2. The molecule has 1 aromatic heterocycles. The predicted molar refractivity (Wildman–Crippen MR) is 210 cm³/mol. The van der Waals surface area contributed by atoms with Crippen molar-refractivity contribution in [3.8, 4) is 17.2 Å². The van der Waals surface area contributed by atoms with Crippen LogP contribution in [0.5, 0.6) is 17.2 Å². The van der Waals surface area contributed by atoms with Gasteiger partial charge in [-0.15, -0.1) is 5.10 Å². The van der Waals surface area contributed by atoms with E-state index in [1.165, 1.54) is 4.85 Å². The number of halogens is 1. The third-order valence-electron chi connectivity index (χ3n) is 9.30. The molecule has 0 aliphatic heterocycles. The number of carbonyl (C=O) groups is 1. The number of methoxy groups -OCH3 is 2. The van der Waals surface area contributed by atoms with Crippen molar-refractivity contribution in [2.45, 2.75) is 24.6 Å². The average Bonchev–Trinajstić information content (AvgIpc) is 3.64. The Balaban J connectivity index is 1.18. The lowest BCUT2D eigenvalue weighted by Gasteiger charge is -2.39. The van der Waals surface area contributed by atoms with Gasteiger partial charge in [0.25, 0.3) is 6.79 Å². The molecular formula is C44H39ClN4O6. The molecule has 0 spiro atoms. The molecule has 11 heteroatoms. The molecule has 55 heavy (non-hydrogen) atoms. The second-order valence-corrected chi connectivity index (χ2v) is 13.1. The number of benzene rings is 6. The van der Waals surface area contributed by atoms with Gasteiger partial charge in [-0.2, -0.15) is 0 Å². The number of carbonyl (C=O) groups excluding carboxylic acids is 1. The van der Waals surface area contributed by atoms with Crippen LogP contribution in [0.15, 0.2) is 152 Å². The molecule has 0 aliphatic rings. The van der Waals surface area contributed by atoms with Gasteiger partial charge in [0.15, 0.2) is 0 Å². The summed E-state index contributed by atoms with van der Waals surface area (Å²) < 4.78 is 22.9.